The van der Waals surface area contributed by atoms with Crippen LogP contribution in [0.4, 0.5) is 5.69 Å². The number of piperazine rings is 1. The maximum Gasteiger partial charge on any atom is 0.0514 e. The van der Waals surface area contributed by atoms with Gasteiger partial charge in [-0.2, -0.15) is 0 Å². The molecule has 1 N–H and O–H groups in total. The number of benzene rings is 1. The lowest BCUT2D eigenvalue weighted by Gasteiger charge is -2.37. The van der Waals surface area contributed by atoms with Crippen LogP contribution in [0.2, 0.25) is 0 Å². The molecular weight excluding hydrogens is 172 g/mol. The highest BCUT2D eigenvalue weighted by atomic mass is 15.3. The van der Waals surface area contributed by atoms with Gasteiger partial charge in [0, 0.05) is 24.8 Å². The molecule has 1 aromatic carbocycles. The molecule has 0 aliphatic carbocycles. The average molecular weight is 188 g/mol. The number of nitrogens with one attached hydrogen (secondary N) is 1. The zero-order valence-corrected chi connectivity index (χ0v) is 8.53. The van der Waals surface area contributed by atoms with Crippen LogP contribution >= 0.6 is 0 Å². The Labute approximate surface area is 84.9 Å². The summed E-state index contributed by atoms with van der Waals surface area (Å²) in [4.78, 5) is 2.55. The van der Waals surface area contributed by atoms with Crippen molar-refractivity contribution in [1.29, 1.82) is 0 Å². The molecule has 0 radical (unpaired) electrons. The van der Waals surface area contributed by atoms with Crippen molar-refractivity contribution in [3.63, 3.8) is 0 Å². The molecular formula is C12H16N2. The zero-order chi connectivity index (χ0) is 9.60. The Hall–Kier alpha value is -1.02. The molecule has 0 saturated carbocycles. The van der Waals surface area contributed by atoms with Gasteiger partial charge in [-0.3, -0.25) is 0 Å². The SMILES string of the molecule is CC12CNC(CN1c1ccccc1)C2. The Morgan fingerprint density at radius 1 is 1.36 bits per heavy atom. The summed E-state index contributed by atoms with van der Waals surface area (Å²) < 4.78 is 0. The minimum absolute atomic E-state index is 0.353. The number of nitrogens with zero attached hydrogens (tertiary/aromatic N) is 1. The predicted molar refractivity (Wildman–Crippen MR) is 58.6 cm³/mol. The minimum Gasteiger partial charge on any atom is -0.363 e. The third-order valence-electron chi connectivity index (χ3n) is 3.58. The maximum absolute atomic E-state index is 3.55. The molecule has 0 spiro atoms. The van der Waals surface area contributed by atoms with E-state index in [0.29, 0.717) is 11.6 Å². The minimum atomic E-state index is 0.353. The molecule has 2 bridgehead atoms. The van der Waals surface area contributed by atoms with E-state index in [4.69, 9.17) is 0 Å². The van der Waals surface area contributed by atoms with Gasteiger partial charge >= 0.3 is 0 Å². The van der Waals surface area contributed by atoms with Gasteiger partial charge in [0.15, 0.2) is 0 Å². The van der Waals surface area contributed by atoms with Crippen LogP contribution in [-0.4, -0.2) is 24.7 Å². The monoisotopic (exact) mass is 188 g/mol. The van der Waals surface area contributed by atoms with Gasteiger partial charge in [0.25, 0.3) is 0 Å². The van der Waals surface area contributed by atoms with Crippen LogP contribution in [0.25, 0.3) is 0 Å². The fourth-order valence-electron chi connectivity index (χ4n) is 2.84. The van der Waals surface area contributed by atoms with Crippen LogP contribution in [-0.2, 0) is 0 Å². The molecule has 2 nitrogen and oxygen atoms in total. The Morgan fingerprint density at radius 3 is 2.71 bits per heavy atom. The smallest absolute Gasteiger partial charge is 0.0514 e. The normalized spacial score (nSPS) is 35.2. The quantitative estimate of drug-likeness (QED) is 0.720. The fourth-order valence-corrected chi connectivity index (χ4v) is 2.84. The number of fused-ring (bicyclic) bond motifs is 2. The molecule has 2 aliphatic rings. The van der Waals surface area contributed by atoms with Crippen molar-refractivity contribution >= 4 is 5.69 Å². The van der Waals surface area contributed by atoms with Gasteiger partial charge in [-0.1, -0.05) is 18.2 Å². The Bertz CT molecular complexity index is 335. The molecule has 2 aliphatic heterocycles. The van der Waals surface area contributed by atoms with Gasteiger partial charge in [-0.25, -0.2) is 0 Å². The van der Waals surface area contributed by atoms with Crippen molar-refractivity contribution in [3.8, 4) is 0 Å². The molecule has 0 aromatic heterocycles. The fraction of sp³-hybridized carbons (Fsp3) is 0.500. The predicted octanol–water partition coefficient (Wildman–Crippen LogP) is 1.63. The standard InChI is InChI=1S/C12H16N2/c1-12-7-10(13-9-12)8-14(12)11-5-3-2-4-6-11/h2-6,10,13H,7-9H2,1H3. The number of hydrogen-bond acceptors (Lipinski definition) is 2. The van der Waals surface area contributed by atoms with E-state index in [1.54, 1.807) is 0 Å². The van der Waals surface area contributed by atoms with Crippen molar-refractivity contribution in [3.05, 3.63) is 30.3 Å². The maximum atomic E-state index is 3.55. The van der Waals surface area contributed by atoms with Gasteiger partial charge in [-0.15, -0.1) is 0 Å². The molecule has 2 heterocycles. The van der Waals surface area contributed by atoms with Gasteiger partial charge < -0.3 is 10.2 Å². The average Bonchev–Trinajstić information content (AvgIpc) is 2.74. The number of rotatable bonds is 1. The van der Waals surface area contributed by atoms with E-state index in [2.05, 4.69) is 47.5 Å². The van der Waals surface area contributed by atoms with E-state index in [9.17, 15) is 0 Å². The first-order valence-corrected chi connectivity index (χ1v) is 5.34. The molecule has 0 amide bonds. The van der Waals surface area contributed by atoms with Gasteiger partial charge in [0.1, 0.15) is 0 Å². The van der Waals surface area contributed by atoms with Crippen LogP contribution in [0.15, 0.2) is 30.3 Å². The highest BCUT2D eigenvalue weighted by molar-refractivity contribution is 5.52. The number of para-hydroxylation sites is 1. The van der Waals surface area contributed by atoms with E-state index < -0.39 is 0 Å². The van der Waals surface area contributed by atoms with Crippen molar-refractivity contribution in [2.75, 3.05) is 18.0 Å². The third-order valence-corrected chi connectivity index (χ3v) is 3.58. The second-order valence-electron chi connectivity index (χ2n) is 4.73. The first-order valence-electron chi connectivity index (χ1n) is 5.34. The van der Waals surface area contributed by atoms with Gasteiger partial charge in [-0.05, 0) is 25.5 Å². The molecule has 14 heavy (non-hydrogen) atoms. The van der Waals surface area contributed by atoms with Crippen LogP contribution in [0, 0.1) is 0 Å². The van der Waals surface area contributed by atoms with E-state index in [0.717, 1.165) is 6.54 Å². The lowest BCUT2D eigenvalue weighted by molar-refractivity contribution is 0.477. The molecule has 2 heteroatoms. The van der Waals surface area contributed by atoms with E-state index in [1.165, 1.54) is 18.7 Å². The van der Waals surface area contributed by atoms with Crippen LogP contribution in [0.1, 0.15) is 13.3 Å². The second kappa shape index (κ2) is 2.74. The Kier molecular flexibility index (Phi) is 1.62. The summed E-state index contributed by atoms with van der Waals surface area (Å²) >= 11 is 0. The van der Waals surface area contributed by atoms with Crippen LogP contribution < -0.4 is 10.2 Å². The van der Waals surface area contributed by atoms with Crippen LogP contribution in [0.5, 0.6) is 0 Å². The molecule has 2 fully saturated rings. The number of hydrogen-bond donors (Lipinski definition) is 1. The summed E-state index contributed by atoms with van der Waals surface area (Å²) in [6, 6.07) is 11.5. The largest absolute Gasteiger partial charge is 0.363 e. The summed E-state index contributed by atoms with van der Waals surface area (Å²) in [5, 5.41) is 3.55. The van der Waals surface area contributed by atoms with Crippen molar-refractivity contribution in [2.45, 2.75) is 24.9 Å². The summed E-state index contributed by atoms with van der Waals surface area (Å²) in [5.74, 6) is 0. The third kappa shape index (κ3) is 1.07. The topological polar surface area (TPSA) is 15.3 Å². The lowest BCUT2D eigenvalue weighted by atomic mass is 10.0. The van der Waals surface area contributed by atoms with Crippen molar-refractivity contribution < 1.29 is 0 Å². The van der Waals surface area contributed by atoms with E-state index in [1.807, 2.05) is 0 Å². The molecule has 2 atom stereocenters. The summed E-state index contributed by atoms with van der Waals surface area (Å²) in [6.45, 7) is 4.66. The molecule has 2 saturated heterocycles. The molecule has 1 aromatic rings. The first-order chi connectivity index (χ1) is 6.78. The highest BCUT2D eigenvalue weighted by Crippen LogP contribution is 2.37. The lowest BCUT2D eigenvalue weighted by Crippen LogP contribution is -2.51. The first kappa shape index (κ1) is 8.30. The number of anilines is 1. The van der Waals surface area contributed by atoms with Crippen molar-refractivity contribution in [1.82, 2.24) is 5.32 Å². The summed E-state index contributed by atoms with van der Waals surface area (Å²) in [6.07, 6.45) is 1.29. The Morgan fingerprint density at radius 2 is 2.14 bits per heavy atom. The second-order valence-corrected chi connectivity index (χ2v) is 4.73. The van der Waals surface area contributed by atoms with Crippen LogP contribution in [0.3, 0.4) is 0 Å². The van der Waals surface area contributed by atoms with E-state index >= 15 is 0 Å². The van der Waals surface area contributed by atoms with E-state index in [-0.39, 0.29) is 0 Å². The Balaban J connectivity index is 1.94. The summed E-state index contributed by atoms with van der Waals surface area (Å²) in [7, 11) is 0. The van der Waals surface area contributed by atoms with Crippen molar-refractivity contribution in [2.24, 2.45) is 0 Å². The summed E-state index contributed by atoms with van der Waals surface area (Å²) in [5.41, 5.74) is 1.73. The highest BCUT2D eigenvalue weighted by Gasteiger charge is 2.47. The molecule has 2 unspecified atom stereocenters. The molecule has 74 valence electrons. The van der Waals surface area contributed by atoms with Gasteiger partial charge in [0.2, 0.25) is 0 Å². The van der Waals surface area contributed by atoms with Gasteiger partial charge in [0.05, 0.1) is 5.54 Å². The zero-order valence-electron chi connectivity index (χ0n) is 8.53. The molecule has 3 rings (SSSR count).